The van der Waals surface area contributed by atoms with Crippen LogP contribution >= 0.6 is 11.3 Å². The molecule has 1 aromatic heterocycles. The zero-order valence-electron chi connectivity index (χ0n) is 12.3. The van der Waals surface area contributed by atoms with Crippen LogP contribution in [0.2, 0.25) is 0 Å². The summed E-state index contributed by atoms with van der Waals surface area (Å²) in [5.41, 5.74) is 12.5. The molecule has 1 aromatic rings. The van der Waals surface area contributed by atoms with Crippen LogP contribution in [0.4, 0.5) is 10.7 Å². The maximum atomic E-state index is 11.7. The molecule has 0 saturated carbocycles. The van der Waals surface area contributed by atoms with Crippen LogP contribution in [-0.4, -0.2) is 31.0 Å². The van der Waals surface area contributed by atoms with Crippen molar-refractivity contribution in [3.05, 3.63) is 4.88 Å². The van der Waals surface area contributed by atoms with Gasteiger partial charge < -0.3 is 21.1 Å². The number of carbonyl (C=O) groups excluding carboxylic acids is 1. The van der Waals surface area contributed by atoms with E-state index >= 15 is 0 Å². The van der Waals surface area contributed by atoms with E-state index in [1.54, 1.807) is 0 Å². The van der Waals surface area contributed by atoms with Gasteiger partial charge in [-0.3, -0.25) is 4.79 Å². The molecule has 2 rings (SSSR count). The SMILES string of the molecule is CC(=O)c1sc(N2CCC(N)CC2)c(OC(C)C)c1N. The first-order valence-corrected chi connectivity index (χ1v) is 7.82. The molecule has 0 unspecified atom stereocenters. The predicted molar refractivity (Wildman–Crippen MR) is 83.9 cm³/mol. The van der Waals surface area contributed by atoms with Gasteiger partial charge in [0.2, 0.25) is 0 Å². The van der Waals surface area contributed by atoms with Crippen LogP contribution in [0.15, 0.2) is 0 Å². The molecule has 1 fully saturated rings. The summed E-state index contributed by atoms with van der Waals surface area (Å²) >= 11 is 1.43. The zero-order chi connectivity index (χ0) is 14.9. The lowest BCUT2D eigenvalue weighted by Crippen LogP contribution is -2.39. The molecular weight excluding hydrogens is 274 g/mol. The van der Waals surface area contributed by atoms with Gasteiger partial charge in [-0.2, -0.15) is 0 Å². The Hall–Kier alpha value is -1.27. The Labute approximate surface area is 123 Å². The number of Topliss-reactive ketones (excluding diaryl/α,β-unsaturated/α-hetero) is 1. The summed E-state index contributed by atoms with van der Waals surface area (Å²) in [6, 6.07) is 0.269. The van der Waals surface area contributed by atoms with Crippen molar-refractivity contribution in [2.75, 3.05) is 23.7 Å². The molecule has 0 radical (unpaired) electrons. The van der Waals surface area contributed by atoms with Crippen LogP contribution in [0.1, 0.15) is 43.3 Å². The minimum atomic E-state index is -0.0129. The van der Waals surface area contributed by atoms with Gasteiger partial charge in [0.05, 0.1) is 16.7 Å². The molecule has 1 saturated heterocycles. The Morgan fingerprint density at radius 2 is 2.00 bits per heavy atom. The molecule has 0 aromatic carbocycles. The molecule has 0 bridgehead atoms. The number of hydrogen-bond acceptors (Lipinski definition) is 6. The van der Waals surface area contributed by atoms with Crippen LogP contribution < -0.4 is 21.1 Å². The smallest absolute Gasteiger partial charge is 0.177 e. The quantitative estimate of drug-likeness (QED) is 0.833. The summed E-state index contributed by atoms with van der Waals surface area (Å²) in [7, 11) is 0. The van der Waals surface area contributed by atoms with Gasteiger partial charge in [-0.05, 0) is 26.7 Å². The second-order valence-corrected chi connectivity index (χ2v) is 6.53. The van der Waals surface area contributed by atoms with E-state index < -0.39 is 0 Å². The summed E-state index contributed by atoms with van der Waals surface area (Å²) < 4.78 is 5.85. The topological polar surface area (TPSA) is 81.6 Å². The molecule has 0 aliphatic carbocycles. The minimum absolute atomic E-state index is 0.0129. The highest BCUT2D eigenvalue weighted by atomic mass is 32.1. The number of anilines is 2. The van der Waals surface area contributed by atoms with E-state index in [0.717, 1.165) is 30.9 Å². The van der Waals surface area contributed by atoms with Gasteiger partial charge in [-0.1, -0.05) is 0 Å². The second-order valence-electron chi connectivity index (χ2n) is 5.53. The maximum Gasteiger partial charge on any atom is 0.177 e. The summed E-state index contributed by atoms with van der Waals surface area (Å²) in [6.07, 6.45) is 1.93. The third-order valence-electron chi connectivity index (χ3n) is 3.38. The van der Waals surface area contributed by atoms with Crippen molar-refractivity contribution in [3.8, 4) is 5.75 Å². The first-order chi connectivity index (χ1) is 9.40. The maximum absolute atomic E-state index is 11.7. The number of carbonyl (C=O) groups is 1. The number of rotatable bonds is 4. The average Bonchev–Trinajstić information content (AvgIpc) is 2.68. The van der Waals surface area contributed by atoms with Gasteiger partial charge in [-0.15, -0.1) is 11.3 Å². The molecule has 112 valence electrons. The van der Waals surface area contributed by atoms with E-state index in [-0.39, 0.29) is 17.9 Å². The lowest BCUT2D eigenvalue weighted by Gasteiger charge is -2.31. The van der Waals surface area contributed by atoms with E-state index in [2.05, 4.69) is 4.90 Å². The van der Waals surface area contributed by atoms with Crippen LogP contribution in [0.3, 0.4) is 0 Å². The molecule has 5 nitrogen and oxygen atoms in total. The van der Waals surface area contributed by atoms with Crippen molar-refractivity contribution in [1.82, 2.24) is 0 Å². The lowest BCUT2D eigenvalue weighted by atomic mass is 10.1. The third-order valence-corrected chi connectivity index (χ3v) is 4.73. The Morgan fingerprint density at radius 3 is 2.50 bits per heavy atom. The van der Waals surface area contributed by atoms with Gasteiger partial charge in [0.25, 0.3) is 0 Å². The highest BCUT2D eigenvalue weighted by molar-refractivity contribution is 7.19. The van der Waals surface area contributed by atoms with Crippen molar-refractivity contribution < 1.29 is 9.53 Å². The highest BCUT2D eigenvalue weighted by Crippen LogP contribution is 2.46. The molecule has 2 heterocycles. The van der Waals surface area contributed by atoms with E-state index in [9.17, 15) is 4.79 Å². The first kappa shape index (κ1) is 15.1. The van der Waals surface area contributed by atoms with Gasteiger partial charge >= 0.3 is 0 Å². The molecule has 1 aliphatic heterocycles. The van der Waals surface area contributed by atoms with Crippen LogP contribution in [-0.2, 0) is 0 Å². The van der Waals surface area contributed by atoms with Crippen LogP contribution in [0, 0.1) is 0 Å². The Bertz CT molecular complexity index is 491. The fourth-order valence-electron chi connectivity index (χ4n) is 2.34. The number of nitrogen functional groups attached to an aromatic ring is 1. The molecule has 0 atom stereocenters. The Balaban J connectivity index is 2.34. The zero-order valence-corrected chi connectivity index (χ0v) is 13.1. The van der Waals surface area contributed by atoms with Crippen molar-refractivity contribution in [2.45, 2.75) is 45.8 Å². The lowest BCUT2D eigenvalue weighted by molar-refractivity contribution is 0.102. The first-order valence-electron chi connectivity index (χ1n) is 7.00. The van der Waals surface area contributed by atoms with E-state index in [4.69, 9.17) is 16.2 Å². The molecular formula is C14H23N3O2S. The van der Waals surface area contributed by atoms with E-state index in [1.165, 1.54) is 18.3 Å². The van der Waals surface area contributed by atoms with Gasteiger partial charge in [0.1, 0.15) is 5.00 Å². The monoisotopic (exact) mass is 297 g/mol. The number of hydrogen-bond donors (Lipinski definition) is 2. The largest absolute Gasteiger partial charge is 0.486 e. The molecule has 0 amide bonds. The third kappa shape index (κ3) is 3.07. The average molecular weight is 297 g/mol. The predicted octanol–water partition coefficient (Wildman–Crippen LogP) is 2.25. The van der Waals surface area contributed by atoms with Crippen LogP contribution in [0.5, 0.6) is 5.75 Å². The number of thiophene rings is 1. The fraction of sp³-hybridized carbons (Fsp3) is 0.643. The van der Waals surface area contributed by atoms with Gasteiger partial charge in [0, 0.05) is 26.1 Å². The fourth-order valence-corrected chi connectivity index (χ4v) is 3.44. The van der Waals surface area contributed by atoms with Crippen molar-refractivity contribution in [2.24, 2.45) is 5.73 Å². The number of nitrogens with two attached hydrogens (primary N) is 2. The molecule has 6 heteroatoms. The number of piperidine rings is 1. The Kier molecular flexibility index (Phi) is 4.55. The second kappa shape index (κ2) is 6.01. The van der Waals surface area contributed by atoms with E-state index in [1.807, 2.05) is 13.8 Å². The van der Waals surface area contributed by atoms with Crippen molar-refractivity contribution in [3.63, 3.8) is 0 Å². The molecule has 1 aliphatic rings. The van der Waals surface area contributed by atoms with Gasteiger partial charge in [0.15, 0.2) is 11.5 Å². The number of nitrogens with zero attached hydrogens (tertiary/aromatic N) is 1. The highest BCUT2D eigenvalue weighted by Gasteiger charge is 2.27. The molecule has 20 heavy (non-hydrogen) atoms. The standard InChI is InChI=1S/C14H23N3O2S/c1-8(2)19-12-11(16)13(9(3)18)20-14(12)17-6-4-10(15)5-7-17/h8,10H,4-7,15-16H2,1-3H3. The summed E-state index contributed by atoms with van der Waals surface area (Å²) in [5.74, 6) is 0.645. The Morgan fingerprint density at radius 1 is 1.40 bits per heavy atom. The molecule has 0 spiro atoms. The normalized spacial score (nSPS) is 16.8. The summed E-state index contributed by atoms with van der Waals surface area (Å²) in [5, 5.41) is 0.966. The summed E-state index contributed by atoms with van der Waals surface area (Å²) in [4.78, 5) is 14.5. The van der Waals surface area contributed by atoms with E-state index in [0.29, 0.717) is 16.3 Å². The summed E-state index contributed by atoms with van der Waals surface area (Å²) in [6.45, 7) is 7.22. The molecule has 4 N–H and O–H groups in total. The van der Waals surface area contributed by atoms with Crippen LogP contribution in [0.25, 0.3) is 0 Å². The van der Waals surface area contributed by atoms with Crippen molar-refractivity contribution >= 4 is 27.8 Å². The van der Waals surface area contributed by atoms with Crippen molar-refractivity contribution in [1.29, 1.82) is 0 Å². The number of ketones is 1. The minimum Gasteiger partial charge on any atom is -0.486 e. The van der Waals surface area contributed by atoms with Gasteiger partial charge in [-0.25, -0.2) is 0 Å². The number of ether oxygens (including phenoxy) is 1.